The molecular weight excluding hydrogens is 461 g/mol. The van der Waals surface area contributed by atoms with E-state index in [1.165, 1.54) is 0 Å². The molecule has 11 heteroatoms. The van der Waals surface area contributed by atoms with Crippen LogP contribution >= 0.6 is 11.6 Å². The third-order valence-electron chi connectivity index (χ3n) is 4.28. The van der Waals surface area contributed by atoms with Crippen LogP contribution in [0.3, 0.4) is 0 Å². The highest BCUT2D eigenvalue weighted by Crippen LogP contribution is 2.33. The summed E-state index contributed by atoms with van der Waals surface area (Å²) in [6.45, 7) is 2.64. The smallest absolute Gasteiger partial charge is 0.416 e. The summed E-state index contributed by atoms with van der Waals surface area (Å²) in [6.07, 6.45) is -4.55. The van der Waals surface area contributed by atoms with Gasteiger partial charge in [0, 0.05) is 11.6 Å². The van der Waals surface area contributed by atoms with E-state index >= 15 is 0 Å². The Morgan fingerprint density at radius 1 is 1.03 bits per heavy atom. The topological polar surface area (TPSA) is 85.4 Å². The number of carbonyl (C=O) groups excluding carboxylic acids is 1. The van der Waals surface area contributed by atoms with E-state index in [9.17, 15) is 18.0 Å². The Morgan fingerprint density at radius 2 is 1.79 bits per heavy atom. The van der Waals surface area contributed by atoms with E-state index in [1.807, 2.05) is 31.2 Å². The number of carbonyl (C=O) groups is 1. The second kappa shape index (κ2) is 10.9. The van der Waals surface area contributed by atoms with E-state index in [2.05, 4.69) is 20.8 Å². The second-order valence-electron chi connectivity index (χ2n) is 6.64. The Labute approximate surface area is 192 Å². The van der Waals surface area contributed by atoms with Crippen molar-refractivity contribution in [2.24, 2.45) is 0 Å². The molecular formula is C22H20ClF3N4O3. The number of nitrogens with zero attached hydrogens (tertiary/aromatic N) is 2. The molecule has 0 fully saturated rings. The number of halogens is 4. The summed E-state index contributed by atoms with van der Waals surface area (Å²) < 4.78 is 49.3. The van der Waals surface area contributed by atoms with Gasteiger partial charge in [-0.1, -0.05) is 11.6 Å². The summed E-state index contributed by atoms with van der Waals surface area (Å²) in [5.41, 5.74) is 0.448. The fourth-order valence-electron chi connectivity index (χ4n) is 2.72. The number of nitrogens with one attached hydrogen (secondary N) is 2. The van der Waals surface area contributed by atoms with Gasteiger partial charge in [-0.25, -0.2) is 4.79 Å². The zero-order valence-corrected chi connectivity index (χ0v) is 18.2. The van der Waals surface area contributed by atoms with Crippen molar-refractivity contribution in [1.29, 1.82) is 0 Å². The predicted molar refractivity (Wildman–Crippen MR) is 118 cm³/mol. The SMILES string of the molecule is CCOc1ccc(-c2ccc(OCCNC(=O)Nc3cc(C(F)(F)F)ccc3Cl)nn2)cc1. The van der Waals surface area contributed by atoms with Crippen molar-refractivity contribution < 1.29 is 27.4 Å². The van der Waals surface area contributed by atoms with Gasteiger partial charge in [-0.3, -0.25) is 0 Å². The highest BCUT2D eigenvalue weighted by atomic mass is 35.5. The first-order valence-electron chi connectivity index (χ1n) is 9.87. The highest BCUT2D eigenvalue weighted by molar-refractivity contribution is 6.33. The Bertz CT molecular complexity index is 1080. The molecule has 0 atom stereocenters. The molecule has 0 aliphatic carbocycles. The number of rotatable bonds is 8. The maximum atomic E-state index is 12.8. The Hall–Kier alpha value is -3.53. The molecule has 0 unspecified atom stereocenters. The minimum absolute atomic E-state index is 0.0164. The molecule has 2 amide bonds. The molecule has 0 aliphatic heterocycles. The van der Waals surface area contributed by atoms with Crippen molar-refractivity contribution in [2.75, 3.05) is 25.1 Å². The molecule has 3 aromatic rings. The highest BCUT2D eigenvalue weighted by Gasteiger charge is 2.31. The predicted octanol–water partition coefficient (Wildman–Crippen LogP) is 5.42. The van der Waals surface area contributed by atoms with E-state index in [1.54, 1.807) is 12.1 Å². The third-order valence-corrected chi connectivity index (χ3v) is 4.61. The van der Waals surface area contributed by atoms with Crippen LogP contribution in [0.2, 0.25) is 5.02 Å². The van der Waals surface area contributed by atoms with Crippen molar-refractivity contribution in [3.05, 3.63) is 65.2 Å². The van der Waals surface area contributed by atoms with Crippen molar-refractivity contribution in [3.63, 3.8) is 0 Å². The van der Waals surface area contributed by atoms with Gasteiger partial charge in [-0.15, -0.1) is 10.2 Å². The molecule has 1 heterocycles. The Morgan fingerprint density at radius 3 is 2.42 bits per heavy atom. The second-order valence-corrected chi connectivity index (χ2v) is 7.04. The van der Waals surface area contributed by atoms with Gasteiger partial charge in [-0.2, -0.15) is 13.2 Å². The lowest BCUT2D eigenvalue weighted by atomic mass is 10.1. The summed E-state index contributed by atoms with van der Waals surface area (Å²) in [7, 11) is 0. The first kappa shape index (κ1) is 24.1. The lowest BCUT2D eigenvalue weighted by Gasteiger charge is -2.12. The minimum atomic E-state index is -4.55. The molecule has 0 spiro atoms. The van der Waals surface area contributed by atoms with Crippen LogP contribution in [-0.2, 0) is 6.18 Å². The van der Waals surface area contributed by atoms with Gasteiger partial charge < -0.3 is 20.1 Å². The van der Waals surface area contributed by atoms with Crippen LogP contribution in [-0.4, -0.2) is 36.0 Å². The average Bonchev–Trinajstić information content (AvgIpc) is 2.79. The average molecular weight is 481 g/mol. The van der Waals surface area contributed by atoms with Gasteiger partial charge in [0.1, 0.15) is 12.4 Å². The van der Waals surface area contributed by atoms with Crippen molar-refractivity contribution in [1.82, 2.24) is 15.5 Å². The minimum Gasteiger partial charge on any atom is -0.494 e. The van der Waals surface area contributed by atoms with Crippen LogP contribution < -0.4 is 20.1 Å². The van der Waals surface area contributed by atoms with E-state index in [0.29, 0.717) is 12.3 Å². The molecule has 174 valence electrons. The molecule has 33 heavy (non-hydrogen) atoms. The number of benzene rings is 2. The summed E-state index contributed by atoms with van der Waals surface area (Å²) in [5.74, 6) is 1.02. The lowest BCUT2D eigenvalue weighted by molar-refractivity contribution is -0.137. The van der Waals surface area contributed by atoms with Gasteiger partial charge in [0.05, 0.1) is 35.1 Å². The van der Waals surface area contributed by atoms with Gasteiger partial charge >= 0.3 is 12.2 Å². The first-order chi connectivity index (χ1) is 15.8. The molecule has 0 aliphatic rings. The molecule has 2 N–H and O–H groups in total. The van der Waals surface area contributed by atoms with E-state index < -0.39 is 17.8 Å². The maximum absolute atomic E-state index is 12.8. The van der Waals surface area contributed by atoms with Crippen LogP contribution in [0.5, 0.6) is 11.6 Å². The number of ether oxygens (including phenoxy) is 2. The number of urea groups is 1. The molecule has 0 saturated carbocycles. The van der Waals surface area contributed by atoms with Crippen LogP contribution in [0.1, 0.15) is 12.5 Å². The molecule has 1 aromatic heterocycles. The largest absolute Gasteiger partial charge is 0.494 e. The number of aromatic nitrogens is 2. The van der Waals surface area contributed by atoms with Crippen molar-refractivity contribution in [3.8, 4) is 22.9 Å². The van der Waals surface area contributed by atoms with Gasteiger partial charge in [0.15, 0.2) is 0 Å². The number of hydrogen-bond acceptors (Lipinski definition) is 5. The van der Waals surface area contributed by atoms with Crippen LogP contribution in [0, 0.1) is 0 Å². The zero-order chi connectivity index (χ0) is 23.8. The van der Waals surface area contributed by atoms with Gasteiger partial charge in [0.2, 0.25) is 5.88 Å². The molecule has 2 aromatic carbocycles. The molecule has 0 bridgehead atoms. The molecule has 3 rings (SSSR count). The van der Waals surface area contributed by atoms with Gasteiger partial charge in [-0.05, 0) is 55.5 Å². The Kier molecular flexibility index (Phi) is 7.94. The number of hydrogen-bond donors (Lipinski definition) is 2. The van der Waals surface area contributed by atoms with Crippen LogP contribution in [0.15, 0.2) is 54.6 Å². The van der Waals surface area contributed by atoms with Crippen LogP contribution in [0.4, 0.5) is 23.7 Å². The summed E-state index contributed by atoms with van der Waals surface area (Å²) >= 11 is 5.85. The monoisotopic (exact) mass is 480 g/mol. The van der Waals surface area contributed by atoms with Gasteiger partial charge in [0.25, 0.3) is 0 Å². The third kappa shape index (κ3) is 6.98. The van der Waals surface area contributed by atoms with E-state index in [-0.39, 0.29) is 29.7 Å². The summed E-state index contributed by atoms with van der Waals surface area (Å²) in [4.78, 5) is 11.9. The summed E-state index contributed by atoms with van der Waals surface area (Å²) in [5, 5.41) is 12.8. The number of alkyl halides is 3. The first-order valence-corrected chi connectivity index (χ1v) is 10.3. The quantitative estimate of drug-likeness (QED) is 0.421. The Balaban J connectivity index is 1.46. The normalized spacial score (nSPS) is 11.1. The van der Waals surface area contributed by atoms with Crippen LogP contribution in [0.25, 0.3) is 11.3 Å². The summed E-state index contributed by atoms with van der Waals surface area (Å²) in [6, 6.07) is 12.7. The van der Waals surface area contributed by atoms with E-state index in [0.717, 1.165) is 29.5 Å². The fraction of sp³-hybridized carbons (Fsp3) is 0.227. The van der Waals surface area contributed by atoms with Crippen molar-refractivity contribution in [2.45, 2.75) is 13.1 Å². The zero-order valence-electron chi connectivity index (χ0n) is 17.4. The van der Waals surface area contributed by atoms with Crippen molar-refractivity contribution >= 4 is 23.3 Å². The maximum Gasteiger partial charge on any atom is 0.416 e. The molecule has 0 saturated heterocycles. The lowest BCUT2D eigenvalue weighted by Crippen LogP contribution is -2.32. The number of anilines is 1. The fourth-order valence-corrected chi connectivity index (χ4v) is 2.89. The number of amides is 2. The molecule has 7 nitrogen and oxygen atoms in total. The van der Waals surface area contributed by atoms with E-state index in [4.69, 9.17) is 21.1 Å². The standard InChI is InChI=1S/C22H20ClF3N4O3/c1-2-32-16-6-3-14(4-7-16)18-9-10-20(30-29-18)33-12-11-27-21(31)28-19-13-15(22(24,25)26)5-8-17(19)23/h3-10,13H,2,11-12H2,1H3,(H2,27,28,31). The molecule has 0 radical (unpaired) electrons.